The lowest BCUT2D eigenvalue weighted by Gasteiger charge is -2.34. The van der Waals surface area contributed by atoms with Gasteiger partial charge in [-0.1, -0.05) is 55.0 Å². The molecular weight excluding hydrogens is 296 g/mol. The molecule has 1 aliphatic rings. The van der Waals surface area contributed by atoms with Gasteiger partial charge in [0.1, 0.15) is 0 Å². The zero-order valence-electron chi connectivity index (χ0n) is 14.6. The molecular formula is C21H26N2O. The lowest BCUT2D eigenvalue weighted by atomic mass is 9.98. The number of nitrogens with zero attached hydrogens (tertiary/aromatic N) is 1. The summed E-state index contributed by atoms with van der Waals surface area (Å²) in [5.41, 5.74) is 5.09. The summed E-state index contributed by atoms with van der Waals surface area (Å²) in [6.07, 6.45) is 3.27. The maximum Gasteiger partial charge on any atom is 0.237 e. The van der Waals surface area contributed by atoms with Gasteiger partial charge in [0.2, 0.25) is 5.91 Å². The van der Waals surface area contributed by atoms with Gasteiger partial charge in [-0.15, -0.1) is 0 Å². The van der Waals surface area contributed by atoms with Crippen molar-refractivity contribution in [2.24, 2.45) is 0 Å². The van der Waals surface area contributed by atoms with Crippen molar-refractivity contribution in [3.63, 3.8) is 0 Å². The Bertz CT molecular complexity index is 693. The molecule has 1 saturated heterocycles. The van der Waals surface area contributed by atoms with Crippen LogP contribution in [-0.4, -0.2) is 30.4 Å². The number of piperidine rings is 1. The average Bonchev–Trinajstić information content (AvgIpc) is 2.63. The molecule has 3 rings (SSSR count). The number of carbonyl (C=O) groups is 1. The minimum Gasteiger partial charge on any atom is -0.358 e. The van der Waals surface area contributed by atoms with E-state index in [0.717, 1.165) is 25.9 Å². The predicted molar refractivity (Wildman–Crippen MR) is 98.7 cm³/mol. The van der Waals surface area contributed by atoms with Crippen LogP contribution in [0.4, 0.5) is 0 Å². The molecule has 1 unspecified atom stereocenters. The highest BCUT2D eigenvalue weighted by molar-refractivity contribution is 5.81. The van der Waals surface area contributed by atoms with Crippen molar-refractivity contribution in [2.45, 2.75) is 38.8 Å². The van der Waals surface area contributed by atoms with Crippen molar-refractivity contribution in [1.29, 1.82) is 0 Å². The predicted octanol–water partition coefficient (Wildman–Crippen LogP) is 3.76. The minimum atomic E-state index is 0.0137. The SMILES string of the molecule is CNC(=O)C1CCCCN1Cc1ccc(-c2ccccc2C)cc1. The number of likely N-dealkylation sites (tertiary alicyclic amines) is 1. The second-order valence-corrected chi connectivity index (χ2v) is 6.61. The quantitative estimate of drug-likeness (QED) is 0.929. The van der Waals surface area contributed by atoms with E-state index < -0.39 is 0 Å². The minimum absolute atomic E-state index is 0.0137. The smallest absolute Gasteiger partial charge is 0.237 e. The molecule has 1 aliphatic heterocycles. The van der Waals surface area contributed by atoms with E-state index in [4.69, 9.17) is 0 Å². The first-order valence-corrected chi connectivity index (χ1v) is 8.79. The molecule has 0 radical (unpaired) electrons. The Balaban J connectivity index is 1.74. The maximum atomic E-state index is 12.1. The monoisotopic (exact) mass is 322 g/mol. The number of rotatable bonds is 4. The molecule has 1 N–H and O–H groups in total. The van der Waals surface area contributed by atoms with Crippen molar-refractivity contribution in [2.75, 3.05) is 13.6 Å². The van der Waals surface area contributed by atoms with Crippen molar-refractivity contribution in [3.05, 3.63) is 59.7 Å². The number of carbonyl (C=O) groups excluding carboxylic acids is 1. The summed E-state index contributed by atoms with van der Waals surface area (Å²) in [7, 11) is 1.73. The summed E-state index contributed by atoms with van der Waals surface area (Å²) < 4.78 is 0. The molecule has 2 aromatic carbocycles. The fourth-order valence-corrected chi connectivity index (χ4v) is 3.56. The summed E-state index contributed by atoms with van der Waals surface area (Å²) in [6, 6.07) is 17.2. The highest BCUT2D eigenvalue weighted by atomic mass is 16.2. The number of benzene rings is 2. The normalized spacial score (nSPS) is 18.3. The summed E-state index contributed by atoms with van der Waals surface area (Å²) in [4.78, 5) is 14.4. The number of hydrogen-bond acceptors (Lipinski definition) is 2. The largest absolute Gasteiger partial charge is 0.358 e. The van der Waals surface area contributed by atoms with Crippen LogP contribution >= 0.6 is 0 Å². The molecule has 24 heavy (non-hydrogen) atoms. The molecule has 1 amide bonds. The fraction of sp³-hybridized carbons (Fsp3) is 0.381. The van der Waals surface area contributed by atoms with E-state index in [0.29, 0.717) is 0 Å². The van der Waals surface area contributed by atoms with Crippen LogP contribution in [0.1, 0.15) is 30.4 Å². The van der Waals surface area contributed by atoms with Gasteiger partial charge in [-0.05, 0) is 48.6 Å². The van der Waals surface area contributed by atoms with Crippen LogP contribution in [0, 0.1) is 6.92 Å². The first kappa shape index (κ1) is 16.7. The van der Waals surface area contributed by atoms with Crippen LogP contribution in [-0.2, 0) is 11.3 Å². The topological polar surface area (TPSA) is 32.3 Å². The molecule has 126 valence electrons. The van der Waals surface area contributed by atoms with E-state index in [2.05, 4.69) is 65.7 Å². The highest BCUT2D eigenvalue weighted by Crippen LogP contribution is 2.25. The third kappa shape index (κ3) is 3.68. The van der Waals surface area contributed by atoms with Crippen molar-refractivity contribution in [3.8, 4) is 11.1 Å². The summed E-state index contributed by atoms with van der Waals surface area (Å²) in [6.45, 7) is 3.98. The van der Waals surface area contributed by atoms with Gasteiger partial charge in [-0.2, -0.15) is 0 Å². The average molecular weight is 322 g/mol. The van der Waals surface area contributed by atoms with Gasteiger partial charge in [-0.25, -0.2) is 0 Å². The van der Waals surface area contributed by atoms with Gasteiger partial charge in [0.15, 0.2) is 0 Å². The van der Waals surface area contributed by atoms with E-state index in [1.807, 2.05) is 0 Å². The summed E-state index contributed by atoms with van der Waals surface area (Å²) in [5, 5.41) is 2.81. The Hall–Kier alpha value is -2.13. The third-order valence-corrected chi connectivity index (χ3v) is 4.96. The van der Waals surface area contributed by atoms with Crippen LogP contribution in [0.3, 0.4) is 0 Å². The van der Waals surface area contributed by atoms with Gasteiger partial charge < -0.3 is 5.32 Å². The van der Waals surface area contributed by atoms with Crippen LogP contribution in [0.25, 0.3) is 11.1 Å². The first-order chi connectivity index (χ1) is 11.7. The molecule has 1 atom stereocenters. The fourth-order valence-electron chi connectivity index (χ4n) is 3.56. The van der Waals surface area contributed by atoms with Gasteiger partial charge in [0.25, 0.3) is 0 Å². The molecule has 0 spiro atoms. The van der Waals surface area contributed by atoms with E-state index >= 15 is 0 Å². The number of amides is 1. The molecule has 1 fully saturated rings. The lowest BCUT2D eigenvalue weighted by Crippen LogP contribution is -2.48. The Morgan fingerprint density at radius 1 is 1.12 bits per heavy atom. The second kappa shape index (κ2) is 7.63. The summed E-state index contributed by atoms with van der Waals surface area (Å²) >= 11 is 0. The molecule has 2 aromatic rings. The molecule has 0 saturated carbocycles. The molecule has 3 nitrogen and oxygen atoms in total. The number of hydrogen-bond donors (Lipinski definition) is 1. The lowest BCUT2D eigenvalue weighted by molar-refractivity contribution is -0.127. The highest BCUT2D eigenvalue weighted by Gasteiger charge is 2.27. The van der Waals surface area contributed by atoms with Crippen molar-refractivity contribution >= 4 is 5.91 Å². The standard InChI is InChI=1S/C21H26N2O/c1-16-7-3-4-8-19(16)18-12-10-17(11-13-18)15-23-14-6-5-9-20(23)21(24)22-2/h3-4,7-8,10-13,20H,5-6,9,14-15H2,1-2H3,(H,22,24). The van der Waals surface area contributed by atoms with Crippen LogP contribution in [0.2, 0.25) is 0 Å². The zero-order valence-corrected chi connectivity index (χ0v) is 14.6. The number of likely N-dealkylation sites (N-methyl/N-ethyl adjacent to an activating group) is 1. The van der Waals surface area contributed by atoms with Crippen molar-refractivity contribution in [1.82, 2.24) is 10.2 Å². The first-order valence-electron chi connectivity index (χ1n) is 8.79. The van der Waals surface area contributed by atoms with E-state index in [1.54, 1.807) is 7.05 Å². The molecule has 0 aromatic heterocycles. The molecule has 1 heterocycles. The number of aryl methyl sites for hydroxylation is 1. The molecule has 0 bridgehead atoms. The Kier molecular flexibility index (Phi) is 5.31. The van der Waals surface area contributed by atoms with E-state index in [9.17, 15) is 4.79 Å². The Morgan fingerprint density at radius 2 is 1.88 bits per heavy atom. The Morgan fingerprint density at radius 3 is 2.58 bits per heavy atom. The van der Waals surface area contributed by atoms with Crippen LogP contribution in [0.15, 0.2) is 48.5 Å². The van der Waals surface area contributed by atoms with Gasteiger partial charge in [-0.3, -0.25) is 9.69 Å². The second-order valence-electron chi connectivity index (χ2n) is 6.61. The van der Waals surface area contributed by atoms with Crippen LogP contribution < -0.4 is 5.32 Å². The third-order valence-electron chi connectivity index (χ3n) is 4.96. The van der Waals surface area contributed by atoms with E-state index in [-0.39, 0.29) is 11.9 Å². The van der Waals surface area contributed by atoms with Gasteiger partial charge >= 0.3 is 0 Å². The molecule has 3 heteroatoms. The van der Waals surface area contributed by atoms with Crippen molar-refractivity contribution < 1.29 is 4.79 Å². The summed E-state index contributed by atoms with van der Waals surface area (Å²) in [5.74, 6) is 0.145. The zero-order chi connectivity index (χ0) is 16.9. The van der Waals surface area contributed by atoms with Crippen LogP contribution in [0.5, 0.6) is 0 Å². The molecule has 0 aliphatic carbocycles. The van der Waals surface area contributed by atoms with E-state index in [1.165, 1.54) is 28.7 Å². The van der Waals surface area contributed by atoms with Gasteiger partial charge in [0, 0.05) is 13.6 Å². The Labute approximate surface area is 144 Å². The number of nitrogens with one attached hydrogen (secondary N) is 1. The van der Waals surface area contributed by atoms with Gasteiger partial charge in [0.05, 0.1) is 6.04 Å². The maximum absolute atomic E-state index is 12.1.